The van der Waals surface area contributed by atoms with Crippen LogP contribution in [0.1, 0.15) is 65.2 Å². The van der Waals surface area contributed by atoms with Crippen LogP contribution >= 0.6 is 0 Å². The molecule has 3 N–H and O–H groups in total. The highest BCUT2D eigenvalue weighted by Crippen LogP contribution is 2.07. The summed E-state index contributed by atoms with van der Waals surface area (Å²) < 4.78 is 0. The van der Waals surface area contributed by atoms with Crippen LogP contribution in [0.15, 0.2) is 0 Å². The lowest BCUT2D eigenvalue weighted by Crippen LogP contribution is -2.44. The number of carbonyl (C=O) groups is 2. The van der Waals surface area contributed by atoms with Crippen LogP contribution in [0.25, 0.3) is 0 Å². The predicted octanol–water partition coefficient (Wildman–Crippen LogP) is 2.90. The van der Waals surface area contributed by atoms with E-state index in [1.165, 1.54) is 45.4 Å². The number of hydrogen-bond acceptors (Lipinski definition) is 2. The molecule has 112 valence electrons. The standard InChI is InChI=1S/C14H28N2O3/c1-3-4-5-6-7-8-9-10-11-15-14(19)16-12(2)13(17)18/h12H,3-11H2,1-2H3,(H,17,18)(H2,15,16,19). The molecule has 0 saturated carbocycles. The Labute approximate surface area is 116 Å². The van der Waals surface area contributed by atoms with Crippen LogP contribution in [0.2, 0.25) is 0 Å². The number of hydrogen-bond donors (Lipinski definition) is 3. The van der Waals surface area contributed by atoms with Crippen molar-refractivity contribution in [2.45, 2.75) is 71.3 Å². The van der Waals surface area contributed by atoms with E-state index in [0.717, 1.165) is 12.8 Å². The Morgan fingerprint density at radius 3 is 2.05 bits per heavy atom. The van der Waals surface area contributed by atoms with Crippen molar-refractivity contribution < 1.29 is 14.7 Å². The third-order valence-corrected chi connectivity index (χ3v) is 3.03. The Morgan fingerprint density at radius 1 is 1.00 bits per heavy atom. The summed E-state index contributed by atoms with van der Waals surface area (Å²) in [6, 6.07) is -1.25. The average molecular weight is 272 g/mol. The number of aliphatic carboxylic acids is 1. The monoisotopic (exact) mass is 272 g/mol. The van der Waals surface area contributed by atoms with Gasteiger partial charge in [0.2, 0.25) is 0 Å². The Kier molecular flexibility index (Phi) is 11.0. The summed E-state index contributed by atoms with van der Waals surface area (Å²) in [5.74, 6) is -1.03. The summed E-state index contributed by atoms with van der Waals surface area (Å²) in [6.07, 6.45) is 9.75. The van der Waals surface area contributed by atoms with Gasteiger partial charge < -0.3 is 15.7 Å². The van der Waals surface area contributed by atoms with Crippen molar-refractivity contribution in [1.82, 2.24) is 10.6 Å². The molecule has 0 aliphatic heterocycles. The van der Waals surface area contributed by atoms with Gasteiger partial charge in [0.25, 0.3) is 0 Å². The molecule has 0 aliphatic rings. The minimum absolute atomic E-state index is 0.405. The van der Waals surface area contributed by atoms with E-state index in [2.05, 4.69) is 17.6 Å². The fourth-order valence-corrected chi connectivity index (χ4v) is 1.77. The second-order valence-electron chi connectivity index (χ2n) is 4.94. The second kappa shape index (κ2) is 11.8. The summed E-state index contributed by atoms with van der Waals surface area (Å²) in [5.41, 5.74) is 0. The van der Waals surface area contributed by atoms with Crippen LogP contribution in [0.4, 0.5) is 4.79 Å². The van der Waals surface area contributed by atoms with Crippen molar-refractivity contribution in [2.24, 2.45) is 0 Å². The molecule has 5 nitrogen and oxygen atoms in total. The van der Waals surface area contributed by atoms with E-state index in [1.54, 1.807) is 0 Å². The van der Waals surface area contributed by atoms with E-state index in [0.29, 0.717) is 6.54 Å². The van der Waals surface area contributed by atoms with Gasteiger partial charge in [-0.05, 0) is 13.3 Å². The first-order valence-corrected chi connectivity index (χ1v) is 7.35. The molecule has 0 radical (unpaired) electrons. The van der Waals surface area contributed by atoms with Gasteiger partial charge in [-0.1, -0.05) is 51.9 Å². The summed E-state index contributed by atoms with van der Waals surface area (Å²) in [6.45, 7) is 4.26. The Bertz CT molecular complexity index is 257. The highest BCUT2D eigenvalue weighted by molar-refractivity contribution is 5.82. The number of carboxylic acids is 1. The third kappa shape index (κ3) is 11.6. The largest absolute Gasteiger partial charge is 0.480 e. The summed E-state index contributed by atoms with van der Waals surface area (Å²) >= 11 is 0. The molecule has 0 fully saturated rings. The zero-order valence-electron chi connectivity index (χ0n) is 12.2. The van der Waals surface area contributed by atoms with Crippen LogP contribution in [-0.4, -0.2) is 29.7 Å². The number of rotatable bonds is 11. The molecular formula is C14H28N2O3. The molecule has 0 saturated heterocycles. The number of carboxylic acid groups (broad SMARTS) is 1. The predicted molar refractivity (Wildman–Crippen MR) is 76.2 cm³/mol. The molecule has 0 aromatic heterocycles. The van der Waals surface area contributed by atoms with Crippen molar-refractivity contribution in [3.63, 3.8) is 0 Å². The van der Waals surface area contributed by atoms with Gasteiger partial charge in [0.15, 0.2) is 0 Å². The molecule has 2 amide bonds. The highest BCUT2D eigenvalue weighted by atomic mass is 16.4. The van der Waals surface area contributed by atoms with Crippen LogP contribution in [0.5, 0.6) is 0 Å². The van der Waals surface area contributed by atoms with E-state index in [9.17, 15) is 9.59 Å². The highest BCUT2D eigenvalue weighted by Gasteiger charge is 2.12. The minimum atomic E-state index is -1.03. The van der Waals surface area contributed by atoms with Gasteiger partial charge >= 0.3 is 12.0 Å². The van der Waals surface area contributed by atoms with Gasteiger partial charge in [0.1, 0.15) is 6.04 Å². The molecule has 1 atom stereocenters. The molecule has 5 heteroatoms. The van der Waals surface area contributed by atoms with Gasteiger partial charge in [0.05, 0.1) is 0 Å². The number of carbonyl (C=O) groups excluding carboxylic acids is 1. The number of urea groups is 1. The van der Waals surface area contributed by atoms with Crippen molar-refractivity contribution in [2.75, 3.05) is 6.54 Å². The molecule has 1 unspecified atom stereocenters. The number of amides is 2. The first kappa shape index (κ1) is 17.7. The lowest BCUT2D eigenvalue weighted by Gasteiger charge is -2.10. The average Bonchev–Trinajstić information content (AvgIpc) is 2.36. The molecular weight excluding hydrogens is 244 g/mol. The summed E-state index contributed by atoms with van der Waals surface area (Å²) in [5, 5.41) is 13.6. The molecule has 0 aromatic rings. The lowest BCUT2D eigenvalue weighted by molar-refractivity contribution is -0.138. The van der Waals surface area contributed by atoms with Crippen molar-refractivity contribution in [1.29, 1.82) is 0 Å². The zero-order chi connectivity index (χ0) is 14.5. The van der Waals surface area contributed by atoms with Crippen molar-refractivity contribution >= 4 is 12.0 Å². The molecule has 0 aromatic carbocycles. The molecule has 0 aliphatic carbocycles. The number of unbranched alkanes of at least 4 members (excludes halogenated alkanes) is 7. The summed E-state index contributed by atoms with van der Waals surface area (Å²) in [7, 11) is 0. The van der Waals surface area contributed by atoms with Gasteiger partial charge in [-0.15, -0.1) is 0 Å². The van der Waals surface area contributed by atoms with Gasteiger partial charge in [0, 0.05) is 6.54 Å². The second-order valence-corrected chi connectivity index (χ2v) is 4.94. The Balaban J connectivity index is 3.30. The molecule has 0 rings (SSSR count). The van der Waals surface area contributed by atoms with Gasteiger partial charge in [-0.25, -0.2) is 4.79 Å². The van der Waals surface area contributed by atoms with Crippen LogP contribution in [0, 0.1) is 0 Å². The molecule has 0 heterocycles. The topological polar surface area (TPSA) is 78.4 Å². The first-order chi connectivity index (χ1) is 9.07. The van der Waals surface area contributed by atoms with E-state index in [1.807, 2.05) is 0 Å². The maximum absolute atomic E-state index is 11.3. The summed E-state index contributed by atoms with van der Waals surface area (Å²) in [4.78, 5) is 21.8. The van der Waals surface area contributed by atoms with Crippen molar-refractivity contribution in [3.8, 4) is 0 Å². The van der Waals surface area contributed by atoms with Crippen LogP contribution in [-0.2, 0) is 4.79 Å². The van der Waals surface area contributed by atoms with Gasteiger partial charge in [-0.3, -0.25) is 4.79 Å². The normalized spacial score (nSPS) is 11.9. The maximum atomic E-state index is 11.3. The lowest BCUT2D eigenvalue weighted by atomic mass is 10.1. The molecule has 19 heavy (non-hydrogen) atoms. The van der Waals surface area contributed by atoms with E-state index in [-0.39, 0.29) is 0 Å². The maximum Gasteiger partial charge on any atom is 0.325 e. The third-order valence-electron chi connectivity index (χ3n) is 3.03. The van der Waals surface area contributed by atoms with E-state index < -0.39 is 18.0 Å². The van der Waals surface area contributed by atoms with E-state index in [4.69, 9.17) is 5.11 Å². The Hall–Kier alpha value is -1.26. The minimum Gasteiger partial charge on any atom is -0.480 e. The number of nitrogens with one attached hydrogen (secondary N) is 2. The van der Waals surface area contributed by atoms with Crippen LogP contribution in [0.3, 0.4) is 0 Å². The van der Waals surface area contributed by atoms with Crippen molar-refractivity contribution in [3.05, 3.63) is 0 Å². The smallest absolute Gasteiger partial charge is 0.325 e. The van der Waals surface area contributed by atoms with E-state index >= 15 is 0 Å². The SMILES string of the molecule is CCCCCCCCCCNC(=O)NC(C)C(=O)O. The van der Waals surface area contributed by atoms with Gasteiger partial charge in [-0.2, -0.15) is 0 Å². The zero-order valence-corrected chi connectivity index (χ0v) is 12.2. The molecule has 0 spiro atoms. The fraction of sp³-hybridized carbons (Fsp3) is 0.857. The fourth-order valence-electron chi connectivity index (χ4n) is 1.77. The van der Waals surface area contributed by atoms with Crippen LogP contribution < -0.4 is 10.6 Å². The first-order valence-electron chi connectivity index (χ1n) is 7.35. The quantitative estimate of drug-likeness (QED) is 0.506. The molecule has 0 bridgehead atoms. The Morgan fingerprint density at radius 2 is 1.53 bits per heavy atom.